The van der Waals surface area contributed by atoms with Gasteiger partial charge in [0.15, 0.2) is 0 Å². The fourth-order valence-electron chi connectivity index (χ4n) is 3.47. The van der Waals surface area contributed by atoms with E-state index in [4.69, 9.17) is 27.9 Å². The molecule has 0 radical (unpaired) electrons. The van der Waals surface area contributed by atoms with Gasteiger partial charge in [-0.05, 0) is 68.7 Å². The van der Waals surface area contributed by atoms with Crippen LogP contribution < -0.4 is 10.1 Å². The zero-order valence-electron chi connectivity index (χ0n) is 17.5. The maximum Gasteiger partial charge on any atom is 0.228 e. The molecule has 1 heterocycles. The molecule has 31 heavy (non-hydrogen) atoms. The summed E-state index contributed by atoms with van der Waals surface area (Å²) in [4.78, 5) is 12.7. The largest absolute Gasteiger partial charge is 0.491 e. The molecule has 6 nitrogen and oxygen atoms in total. The molecule has 0 aliphatic carbocycles. The highest BCUT2D eigenvalue weighted by Gasteiger charge is 2.32. The Balaban J connectivity index is 1.62. The van der Waals surface area contributed by atoms with Gasteiger partial charge in [-0.2, -0.15) is 0 Å². The van der Waals surface area contributed by atoms with E-state index in [1.165, 1.54) is 4.31 Å². The first-order valence-electron chi connectivity index (χ1n) is 10.1. The van der Waals surface area contributed by atoms with Crippen molar-refractivity contribution < 1.29 is 17.9 Å². The number of nitrogens with one attached hydrogen (secondary N) is 1. The Kier molecular flexibility index (Phi) is 7.86. The molecule has 1 fully saturated rings. The topological polar surface area (TPSA) is 75.7 Å². The van der Waals surface area contributed by atoms with E-state index in [1.807, 2.05) is 13.8 Å². The molecule has 1 aliphatic rings. The fourth-order valence-corrected chi connectivity index (χ4v) is 5.39. The third-order valence-electron chi connectivity index (χ3n) is 4.98. The van der Waals surface area contributed by atoms with E-state index in [-0.39, 0.29) is 24.3 Å². The van der Waals surface area contributed by atoms with E-state index in [9.17, 15) is 13.2 Å². The Morgan fingerprint density at radius 1 is 1.16 bits per heavy atom. The number of hydrogen-bond acceptors (Lipinski definition) is 4. The monoisotopic (exact) mass is 484 g/mol. The average Bonchev–Trinajstić information content (AvgIpc) is 2.72. The molecular weight excluding hydrogens is 459 g/mol. The van der Waals surface area contributed by atoms with Crippen molar-refractivity contribution in [2.75, 3.05) is 18.4 Å². The molecular formula is C22H26Cl2N2O4S. The van der Waals surface area contributed by atoms with Crippen molar-refractivity contribution in [3.05, 3.63) is 58.1 Å². The maximum atomic E-state index is 12.9. The minimum absolute atomic E-state index is 0.0690. The standard InChI is InChI=1S/C22H26Cl2N2O4S/c1-15(2)30-19-8-6-18(7-9-19)25-22(27)17-4-3-11-26(13-17)31(28,29)14-16-5-10-20(23)21(24)12-16/h5-10,12,15,17H,3-4,11,13-14H2,1-2H3,(H,25,27). The highest BCUT2D eigenvalue weighted by molar-refractivity contribution is 7.88. The molecule has 0 aromatic heterocycles. The second kappa shape index (κ2) is 10.2. The molecule has 1 aliphatic heterocycles. The van der Waals surface area contributed by atoms with Crippen LogP contribution in [0.25, 0.3) is 0 Å². The highest BCUT2D eigenvalue weighted by atomic mass is 35.5. The van der Waals surface area contributed by atoms with E-state index in [0.717, 1.165) is 5.75 Å². The summed E-state index contributed by atoms with van der Waals surface area (Å²) in [6.45, 7) is 4.44. The van der Waals surface area contributed by atoms with Gasteiger partial charge in [0.05, 0.1) is 27.8 Å². The lowest BCUT2D eigenvalue weighted by Crippen LogP contribution is -2.44. The van der Waals surface area contributed by atoms with Crippen LogP contribution in [0.1, 0.15) is 32.3 Å². The van der Waals surface area contributed by atoms with Crippen molar-refractivity contribution in [3.63, 3.8) is 0 Å². The van der Waals surface area contributed by atoms with Crippen LogP contribution >= 0.6 is 23.2 Å². The minimum Gasteiger partial charge on any atom is -0.491 e. The second-order valence-electron chi connectivity index (χ2n) is 7.88. The quantitative estimate of drug-likeness (QED) is 0.602. The zero-order chi connectivity index (χ0) is 22.6. The van der Waals surface area contributed by atoms with E-state index in [1.54, 1.807) is 42.5 Å². The Bertz CT molecular complexity index is 1030. The molecule has 9 heteroatoms. The number of hydrogen-bond donors (Lipinski definition) is 1. The normalized spacial score (nSPS) is 17.5. The number of halogens is 2. The first kappa shape index (κ1) is 23.9. The highest BCUT2D eigenvalue weighted by Crippen LogP contribution is 2.26. The summed E-state index contributed by atoms with van der Waals surface area (Å²) in [5.41, 5.74) is 1.21. The third-order valence-corrected chi connectivity index (χ3v) is 7.53. The van der Waals surface area contributed by atoms with Gasteiger partial charge in [0, 0.05) is 18.8 Å². The van der Waals surface area contributed by atoms with Crippen molar-refractivity contribution in [2.24, 2.45) is 5.92 Å². The van der Waals surface area contributed by atoms with Gasteiger partial charge >= 0.3 is 0 Å². The van der Waals surface area contributed by atoms with E-state index >= 15 is 0 Å². The number of carbonyl (C=O) groups excluding carboxylic acids is 1. The van der Waals surface area contributed by atoms with Gasteiger partial charge in [0.25, 0.3) is 0 Å². The Hall–Kier alpha value is -1.80. The van der Waals surface area contributed by atoms with Gasteiger partial charge in [0.2, 0.25) is 15.9 Å². The first-order valence-corrected chi connectivity index (χ1v) is 12.5. The summed E-state index contributed by atoms with van der Waals surface area (Å²) in [6.07, 6.45) is 1.33. The van der Waals surface area contributed by atoms with Crippen LogP contribution in [-0.2, 0) is 20.6 Å². The molecule has 168 valence electrons. The van der Waals surface area contributed by atoms with Gasteiger partial charge < -0.3 is 10.1 Å². The van der Waals surface area contributed by atoms with Gasteiger partial charge in [0.1, 0.15) is 5.75 Å². The van der Waals surface area contributed by atoms with Crippen molar-refractivity contribution in [1.29, 1.82) is 0 Å². The summed E-state index contributed by atoms with van der Waals surface area (Å²) < 4.78 is 32.8. The van der Waals surface area contributed by atoms with Crippen LogP contribution in [0.15, 0.2) is 42.5 Å². The predicted octanol–water partition coefficient (Wildman–Crippen LogP) is 4.96. The van der Waals surface area contributed by atoms with Gasteiger partial charge in [-0.25, -0.2) is 12.7 Å². The molecule has 1 atom stereocenters. The zero-order valence-corrected chi connectivity index (χ0v) is 19.8. The average molecular weight is 485 g/mol. The molecule has 0 saturated carbocycles. The van der Waals surface area contributed by atoms with Gasteiger partial charge in [-0.3, -0.25) is 4.79 Å². The number of benzene rings is 2. The molecule has 1 amide bonds. The third kappa shape index (κ3) is 6.59. The number of sulfonamides is 1. The molecule has 1 unspecified atom stereocenters. The molecule has 2 aromatic carbocycles. The van der Waals surface area contributed by atoms with Crippen LogP contribution in [0.2, 0.25) is 10.0 Å². The van der Waals surface area contributed by atoms with Crippen molar-refractivity contribution in [3.8, 4) is 5.75 Å². The number of anilines is 1. The molecule has 1 N–H and O–H groups in total. The first-order chi connectivity index (χ1) is 14.6. The number of piperidine rings is 1. The van der Waals surface area contributed by atoms with Crippen LogP contribution in [-0.4, -0.2) is 37.8 Å². The Labute approximate surface area is 193 Å². The number of amides is 1. The summed E-state index contributed by atoms with van der Waals surface area (Å²) in [7, 11) is -3.59. The van der Waals surface area contributed by atoms with Crippen LogP contribution in [0.5, 0.6) is 5.75 Å². The summed E-state index contributed by atoms with van der Waals surface area (Å²) in [5.74, 6) is -0.0589. The minimum atomic E-state index is -3.59. The molecule has 3 rings (SSSR count). The molecule has 0 spiro atoms. The number of carbonyl (C=O) groups is 1. The van der Waals surface area contributed by atoms with Gasteiger partial charge in [-0.15, -0.1) is 0 Å². The SMILES string of the molecule is CC(C)Oc1ccc(NC(=O)C2CCCN(S(=O)(=O)Cc3ccc(Cl)c(Cl)c3)C2)cc1. The van der Waals surface area contributed by atoms with Crippen LogP contribution in [0.4, 0.5) is 5.69 Å². The predicted molar refractivity (Wildman–Crippen MR) is 124 cm³/mol. The number of nitrogens with zero attached hydrogens (tertiary/aromatic N) is 1. The number of rotatable bonds is 7. The van der Waals surface area contributed by atoms with Crippen LogP contribution in [0, 0.1) is 5.92 Å². The van der Waals surface area contributed by atoms with Crippen LogP contribution in [0.3, 0.4) is 0 Å². The lowest BCUT2D eigenvalue weighted by Gasteiger charge is -2.31. The van der Waals surface area contributed by atoms with Crippen molar-refractivity contribution >= 4 is 44.8 Å². The van der Waals surface area contributed by atoms with Gasteiger partial charge in [-0.1, -0.05) is 29.3 Å². The van der Waals surface area contributed by atoms with Crippen molar-refractivity contribution in [1.82, 2.24) is 4.31 Å². The number of ether oxygens (including phenoxy) is 1. The lowest BCUT2D eigenvalue weighted by molar-refractivity contribution is -0.120. The second-order valence-corrected chi connectivity index (χ2v) is 10.7. The summed E-state index contributed by atoms with van der Waals surface area (Å²) >= 11 is 11.9. The van der Waals surface area contributed by atoms with E-state index < -0.39 is 15.9 Å². The van der Waals surface area contributed by atoms with E-state index in [0.29, 0.717) is 40.7 Å². The summed E-state index contributed by atoms with van der Waals surface area (Å²) in [6, 6.07) is 11.9. The molecule has 1 saturated heterocycles. The fraction of sp³-hybridized carbons (Fsp3) is 0.409. The molecule has 2 aromatic rings. The maximum absolute atomic E-state index is 12.9. The summed E-state index contributed by atoms with van der Waals surface area (Å²) in [5, 5.41) is 3.57. The van der Waals surface area contributed by atoms with E-state index in [2.05, 4.69) is 5.32 Å². The molecule has 0 bridgehead atoms. The Morgan fingerprint density at radius 2 is 1.87 bits per heavy atom. The lowest BCUT2D eigenvalue weighted by atomic mass is 9.99. The van der Waals surface area contributed by atoms with Crippen molar-refractivity contribution in [2.45, 2.75) is 38.5 Å². The Morgan fingerprint density at radius 3 is 2.52 bits per heavy atom. The smallest absolute Gasteiger partial charge is 0.228 e.